The van der Waals surface area contributed by atoms with Gasteiger partial charge in [-0.1, -0.05) is 37.6 Å². The Bertz CT molecular complexity index is 1040. The second-order valence-electron chi connectivity index (χ2n) is 7.81. The zero-order valence-electron chi connectivity index (χ0n) is 19.7. The lowest BCUT2D eigenvalue weighted by atomic mass is 10.1. The number of aromatic nitrogens is 2. The summed E-state index contributed by atoms with van der Waals surface area (Å²) >= 11 is 0. The normalized spacial score (nSPS) is 11.2. The fraction of sp³-hybridized carbons (Fsp3) is 0.400. The molecule has 0 fully saturated rings. The molecule has 3 rings (SSSR count). The van der Waals surface area contributed by atoms with E-state index in [0.29, 0.717) is 12.1 Å². The van der Waals surface area contributed by atoms with Crippen molar-refractivity contribution in [2.24, 2.45) is 4.99 Å². The molecule has 3 N–H and O–H groups in total. The highest BCUT2D eigenvalue weighted by atomic mass is 127. The number of nitrogens with zero attached hydrogens (tertiary/aromatic N) is 3. The molecule has 33 heavy (non-hydrogen) atoms. The van der Waals surface area contributed by atoms with Crippen LogP contribution in [0.3, 0.4) is 0 Å². The molecule has 3 aromatic rings. The zero-order valence-corrected chi connectivity index (χ0v) is 22.1. The van der Waals surface area contributed by atoms with E-state index in [2.05, 4.69) is 49.6 Å². The van der Waals surface area contributed by atoms with E-state index < -0.39 is 0 Å². The van der Waals surface area contributed by atoms with Crippen molar-refractivity contribution in [1.29, 1.82) is 0 Å². The number of aryl methyl sites for hydroxylation is 2. The molecule has 0 unspecified atom stereocenters. The van der Waals surface area contributed by atoms with Crippen LogP contribution in [0.25, 0.3) is 11.0 Å². The third kappa shape index (κ3) is 7.73. The van der Waals surface area contributed by atoms with Gasteiger partial charge >= 0.3 is 0 Å². The molecule has 7 nitrogen and oxygen atoms in total. The lowest BCUT2D eigenvalue weighted by Crippen LogP contribution is -2.37. The average Bonchev–Trinajstić information content (AvgIpc) is 3.14. The molecule has 0 saturated heterocycles. The number of aliphatic imine (C=N–C) groups is 1. The van der Waals surface area contributed by atoms with Gasteiger partial charge in [0.25, 0.3) is 5.91 Å². The standard InChI is InChI=1S/C25H34N6O.HI/c1-4-5-15-27-24(32)21-13-11-20(12-14-21)18-29-25(26-3)28-16-8-17-31-19(2)30-22-9-6-7-10-23(22)31;/h6-7,9-14H,4-5,8,15-18H2,1-3H3,(H,27,32)(H2,26,28,29);1H. The first kappa shape index (κ1) is 26.6. The highest BCUT2D eigenvalue weighted by molar-refractivity contribution is 14.0. The number of amides is 1. The molecule has 0 saturated carbocycles. The fourth-order valence-electron chi connectivity index (χ4n) is 3.58. The van der Waals surface area contributed by atoms with Gasteiger partial charge in [-0.3, -0.25) is 9.79 Å². The summed E-state index contributed by atoms with van der Waals surface area (Å²) in [5.74, 6) is 1.78. The maximum Gasteiger partial charge on any atom is 0.251 e. The minimum absolute atomic E-state index is 0. The molecule has 0 aliphatic carbocycles. The Kier molecular flexibility index (Phi) is 11.2. The smallest absolute Gasteiger partial charge is 0.251 e. The minimum atomic E-state index is -0.0173. The number of carbonyl (C=O) groups is 1. The maximum absolute atomic E-state index is 12.1. The summed E-state index contributed by atoms with van der Waals surface area (Å²) in [5.41, 5.74) is 4.00. The number of carbonyl (C=O) groups excluding carboxylic acids is 1. The van der Waals surface area contributed by atoms with Crippen molar-refractivity contribution in [3.63, 3.8) is 0 Å². The number of para-hydroxylation sites is 2. The van der Waals surface area contributed by atoms with E-state index in [4.69, 9.17) is 0 Å². The number of rotatable bonds is 10. The molecule has 0 bridgehead atoms. The largest absolute Gasteiger partial charge is 0.356 e. The lowest BCUT2D eigenvalue weighted by Gasteiger charge is -2.13. The highest BCUT2D eigenvalue weighted by Gasteiger charge is 2.07. The summed E-state index contributed by atoms with van der Waals surface area (Å²) in [5, 5.41) is 9.64. The number of hydrogen-bond acceptors (Lipinski definition) is 3. The van der Waals surface area contributed by atoms with Crippen LogP contribution in [0.5, 0.6) is 0 Å². The van der Waals surface area contributed by atoms with Crippen molar-refractivity contribution in [3.05, 3.63) is 65.5 Å². The number of hydrogen-bond donors (Lipinski definition) is 3. The van der Waals surface area contributed by atoms with Gasteiger partial charge in [0.2, 0.25) is 0 Å². The summed E-state index contributed by atoms with van der Waals surface area (Å²) in [6, 6.07) is 15.9. The predicted molar refractivity (Wildman–Crippen MR) is 146 cm³/mol. The van der Waals surface area contributed by atoms with Crippen LogP contribution >= 0.6 is 24.0 Å². The number of halogens is 1. The van der Waals surface area contributed by atoms with Gasteiger partial charge < -0.3 is 20.5 Å². The second-order valence-corrected chi connectivity index (χ2v) is 7.81. The lowest BCUT2D eigenvalue weighted by molar-refractivity contribution is 0.0953. The van der Waals surface area contributed by atoms with E-state index in [0.717, 1.165) is 61.8 Å². The fourth-order valence-corrected chi connectivity index (χ4v) is 3.58. The summed E-state index contributed by atoms with van der Waals surface area (Å²) in [6.45, 7) is 7.23. The molecule has 8 heteroatoms. The number of nitrogens with one attached hydrogen (secondary N) is 3. The molecule has 0 spiro atoms. The Labute approximate surface area is 213 Å². The van der Waals surface area contributed by atoms with Gasteiger partial charge in [-0.05, 0) is 49.6 Å². The van der Waals surface area contributed by atoms with Gasteiger partial charge in [0.15, 0.2) is 5.96 Å². The first-order valence-electron chi connectivity index (χ1n) is 11.4. The van der Waals surface area contributed by atoms with E-state index in [1.807, 2.05) is 43.3 Å². The van der Waals surface area contributed by atoms with Crippen molar-refractivity contribution >= 4 is 46.9 Å². The highest BCUT2D eigenvalue weighted by Crippen LogP contribution is 2.15. The van der Waals surface area contributed by atoms with Crippen molar-refractivity contribution in [1.82, 2.24) is 25.5 Å². The Morgan fingerprint density at radius 1 is 1.00 bits per heavy atom. The van der Waals surface area contributed by atoms with Gasteiger partial charge in [0.05, 0.1) is 11.0 Å². The number of unbranched alkanes of at least 4 members (excludes halogenated alkanes) is 1. The van der Waals surface area contributed by atoms with Crippen LogP contribution in [0.1, 0.15) is 47.9 Å². The molecular weight excluding hydrogens is 527 g/mol. The first-order chi connectivity index (χ1) is 15.6. The van der Waals surface area contributed by atoms with E-state index >= 15 is 0 Å². The quantitative estimate of drug-likeness (QED) is 0.149. The number of guanidine groups is 1. The third-order valence-corrected chi connectivity index (χ3v) is 5.41. The zero-order chi connectivity index (χ0) is 22.8. The van der Waals surface area contributed by atoms with E-state index in [9.17, 15) is 4.79 Å². The number of benzene rings is 2. The monoisotopic (exact) mass is 562 g/mol. The number of imidazole rings is 1. The Hall–Kier alpha value is -2.62. The number of fused-ring (bicyclic) bond motifs is 1. The van der Waals surface area contributed by atoms with Gasteiger partial charge in [-0.15, -0.1) is 24.0 Å². The van der Waals surface area contributed by atoms with Crippen molar-refractivity contribution in [3.8, 4) is 0 Å². The third-order valence-electron chi connectivity index (χ3n) is 5.41. The van der Waals surface area contributed by atoms with Crippen LogP contribution in [0.4, 0.5) is 0 Å². The first-order valence-corrected chi connectivity index (χ1v) is 11.4. The summed E-state index contributed by atoms with van der Waals surface area (Å²) in [4.78, 5) is 21.0. The van der Waals surface area contributed by atoms with Crippen molar-refractivity contribution in [2.45, 2.75) is 46.2 Å². The van der Waals surface area contributed by atoms with Crippen molar-refractivity contribution in [2.75, 3.05) is 20.1 Å². The molecule has 0 aliphatic heterocycles. The van der Waals surface area contributed by atoms with Crippen LogP contribution in [0.2, 0.25) is 0 Å². The molecule has 0 radical (unpaired) electrons. The maximum atomic E-state index is 12.1. The topological polar surface area (TPSA) is 83.3 Å². The second kappa shape index (κ2) is 13.8. The van der Waals surface area contributed by atoms with Gasteiger partial charge in [0, 0.05) is 38.8 Å². The SMILES string of the molecule is CCCCNC(=O)c1ccc(CNC(=NC)NCCCn2c(C)nc3ccccc32)cc1.I. The minimum Gasteiger partial charge on any atom is -0.356 e. The molecule has 1 heterocycles. The van der Waals surface area contributed by atoms with Gasteiger partial charge in [-0.2, -0.15) is 0 Å². The molecular formula is C25H35IN6O. The van der Waals surface area contributed by atoms with E-state index in [1.54, 1.807) is 7.05 Å². The van der Waals surface area contributed by atoms with E-state index in [1.165, 1.54) is 5.52 Å². The van der Waals surface area contributed by atoms with Crippen LogP contribution in [-0.2, 0) is 13.1 Å². The predicted octanol–water partition coefficient (Wildman–Crippen LogP) is 4.25. The van der Waals surface area contributed by atoms with Crippen LogP contribution in [-0.4, -0.2) is 41.6 Å². The molecule has 1 amide bonds. The molecule has 178 valence electrons. The molecule has 1 aromatic heterocycles. The van der Waals surface area contributed by atoms with E-state index in [-0.39, 0.29) is 29.9 Å². The summed E-state index contributed by atoms with van der Waals surface area (Å²) in [6.07, 6.45) is 3.03. The summed E-state index contributed by atoms with van der Waals surface area (Å²) in [7, 11) is 1.77. The molecule has 0 aliphatic rings. The Morgan fingerprint density at radius 2 is 1.73 bits per heavy atom. The van der Waals surface area contributed by atoms with Crippen molar-refractivity contribution < 1.29 is 4.79 Å². The van der Waals surface area contributed by atoms with Crippen LogP contribution in [0.15, 0.2) is 53.5 Å². The van der Waals surface area contributed by atoms with Crippen LogP contribution in [0, 0.1) is 6.92 Å². The Balaban J connectivity index is 0.00000385. The van der Waals surface area contributed by atoms with Gasteiger partial charge in [0.1, 0.15) is 5.82 Å². The summed E-state index contributed by atoms with van der Waals surface area (Å²) < 4.78 is 2.26. The molecule has 0 atom stereocenters. The Morgan fingerprint density at radius 3 is 2.45 bits per heavy atom. The van der Waals surface area contributed by atoms with Gasteiger partial charge in [-0.25, -0.2) is 4.98 Å². The molecule has 2 aromatic carbocycles. The van der Waals surface area contributed by atoms with Crippen LogP contribution < -0.4 is 16.0 Å². The average molecular weight is 563 g/mol.